The summed E-state index contributed by atoms with van der Waals surface area (Å²) in [6.07, 6.45) is 10.5. The Bertz CT molecular complexity index is 592. The summed E-state index contributed by atoms with van der Waals surface area (Å²) >= 11 is 0. The molecule has 6 heteroatoms. The number of ether oxygens (including phenoxy) is 1. The molecule has 2 fully saturated rings. The van der Waals surface area contributed by atoms with Crippen molar-refractivity contribution in [1.82, 2.24) is 10.2 Å². The molecule has 2 saturated heterocycles. The highest BCUT2D eigenvalue weighted by Gasteiger charge is 2.24. The first-order valence-corrected chi connectivity index (χ1v) is 7.94. The SMILES string of the molecule is O=[N+]([O-])c1ccc(C2CNC(/C=C\C=C\N3CCCC3)O2)cc1. The fourth-order valence-corrected chi connectivity index (χ4v) is 2.84. The van der Waals surface area contributed by atoms with E-state index in [-0.39, 0.29) is 18.0 Å². The number of non-ortho nitro benzene ring substituents is 1. The number of allylic oxidation sites excluding steroid dienone is 2. The summed E-state index contributed by atoms with van der Waals surface area (Å²) < 4.78 is 5.90. The third-order valence-corrected chi connectivity index (χ3v) is 4.13. The van der Waals surface area contributed by atoms with Gasteiger partial charge in [0.2, 0.25) is 0 Å². The van der Waals surface area contributed by atoms with Crippen molar-refractivity contribution in [2.24, 2.45) is 0 Å². The van der Waals surface area contributed by atoms with Crippen LogP contribution in [0.5, 0.6) is 0 Å². The number of hydrogen-bond acceptors (Lipinski definition) is 5. The average Bonchev–Trinajstić information content (AvgIpc) is 3.23. The van der Waals surface area contributed by atoms with Crippen LogP contribution in [0.25, 0.3) is 0 Å². The van der Waals surface area contributed by atoms with Gasteiger partial charge in [-0.1, -0.05) is 6.08 Å². The van der Waals surface area contributed by atoms with Gasteiger partial charge in [0.25, 0.3) is 5.69 Å². The van der Waals surface area contributed by atoms with Gasteiger partial charge in [-0.25, -0.2) is 0 Å². The maximum atomic E-state index is 10.7. The summed E-state index contributed by atoms with van der Waals surface area (Å²) in [5.41, 5.74) is 1.05. The molecule has 0 bridgehead atoms. The molecule has 0 spiro atoms. The van der Waals surface area contributed by atoms with Crippen LogP contribution >= 0.6 is 0 Å². The summed E-state index contributed by atoms with van der Waals surface area (Å²) in [6.45, 7) is 2.98. The third-order valence-electron chi connectivity index (χ3n) is 4.13. The van der Waals surface area contributed by atoms with Crippen LogP contribution in [0.3, 0.4) is 0 Å². The lowest BCUT2D eigenvalue weighted by Gasteiger charge is -2.10. The van der Waals surface area contributed by atoms with E-state index in [2.05, 4.69) is 16.4 Å². The zero-order valence-corrected chi connectivity index (χ0v) is 12.9. The van der Waals surface area contributed by atoms with Crippen LogP contribution in [-0.2, 0) is 4.74 Å². The molecule has 0 amide bonds. The van der Waals surface area contributed by atoms with Crippen molar-refractivity contribution >= 4 is 5.69 Å². The van der Waals surface area contributed by atoms with E-state index in [0.29, 0.717) is 6.54 Å². The first-order chi connectivity index (χ1) is 11.2. The van der Waals surface area contributed by atoms with Crippen molar-refractivity contribution in [3.05, 3.63) is 64.4 Å². The normalized spacial score (nSPS) is 25.0. The molecule has 122 valence electrons. The van der Waals surface area contributed by atoms with Gasteiger partial charge in [0.15, 0.2) is 0 Å². The molecule has 1 aromatic carbocycles. The molecule has 1 aromatic rings. The minimum atomic E-state index is -0.393. The van der Waals surface area contributed by atoms with Gasteiger partial charge in [0.05, 0.1) is 11.0 Å². The minimum absolute atomic E-state index is 0.0759. The Kier molecular flexibility index (Phi) is 5.05. The number of nitrogens with zero attached hydrogens (tertiary/aromatic N) is 2. The minimum Gasteiger partial charge on any atom is -0.377 e. The number of hydrogen-bond donors (Lipinski definition) is 1. The molecule has 23 heavy (non-hydrogen) atoms. The van der Waals surface area contributed by atoms with Gasteiger partial charge in [-0.2, -0.15) is 0 Å². The van der Waals surface area contributed by atoms with E-state index in [0.717, 1.165) is 18.7 Å². The summed E-state index contributed by atoms with van der Waals surface area (Å²) in [5.74, 6) is 0. The number of likely N-dealkylation sites (tertiary alicyclic amines) is 1. The monoisotopic (exact) mass is 315 g/mol. The van der Waals surface area contributed by atoms with Crippen LogP contribution in [0.4, 0.5) is 5.69 Å². The van der Waals surface area contributed by atoms with Gasteiger partial charge in [-0.05, 0) is 48.9 Å². The molecule has 2 aliphatic rings. The van der Waals surface area contributed by atoms with E-state index >= 15 is 0 Å². The Labute approximate surface area is 135 Å². The van der Waals surface area contributed by atoms with E-state index < -0.39 is 4.92 Å². The topological polar surface area (TPSA) is 67.6 Å². The van der Waals surface area contributed by atoms with Crippen LogP contribution in [0.1, 0.15) is 24.5 Å². The molecule has 2 aliphatic heterocycles. The van der Waals surface area contributed by atoms with Crippen molar-refractivity contribution in [3.8, 4) is 0 Å². The van der Waals surface area contributed by atoms with E-state index in [1.807, 2.05) is 18.2 Å². The van der Waals surface area contributed by atoms with Gasteiger partial charge in [0, 0.05) is 31.8 Å². The highest BCUT2D eigenvalue weighted by Crippen LogP contribution is 2.25. The summed E-state index contributed by atoms with van der Waals surface area (Å²) in [6, 6.07) is 6.54. The zero-order valence-electron chi connectivity index (χ0n) is 12.9. The predicted octanol–water partition coefficient (Wildman–Crippen LogP) is 2.75. The Morgan fingerprint density at radius 1 is 1.22 bits per heavy atom. The van der Waals surface area contributed by atoms with E-state index in [1.165, 1.54) is 25.0 Å². The molecule has 2 heterocycles. The van der Waals surface area contributed by atoms with E-state index in [4.69, 9.17) is 4.74 Å². The van der Waals surface area contributed by atoms with Crippen molar-refractivity contribution in [1.29, 1.82) is 0 Å². The lowest BCUT2D eigenvalue weighted by molar-refractivity contribution is -0.384. The molecule has 6 nitrogen and oxygen atoms in total. The fraction of sp³-hybridized carbons (Fsp3) is 0.412. The largest absolute Gasteiger partial charge is 0.377 e. The third kappa shape index (κ3) is 4.18. The maximum Gasteiger partial charge on any atom is 0.269 e. The second-order valence-electron chi connectivity index (χ2n) is 5.77. The lowest BCUT2D eigenvalue weighted by atomic mass is 10.1. The van der Waals surface area contributed by atoms with Crippen molar-refractivity contribution < 1.29 is 9.66 Å². The molecule has 1 N–H and O–H groups in total. The number of nitro groups is 1. The average molecular weight is 315 g/mol. The molecule has 2 atom stereocenters. The number of nitrogens with one attached hydrogen (secondary N) is 1. The van der Waals surface area contributed by atoms with Crippen molar-refractivity contribution in [2.45, 2.75) is 25.2 Å². The molecule has 0 aromatic heterocycles. The number of nitro benzene ring substituents is 1. The molecule has 0 aliphatic carbocycles. The second-order valence-corrected chi connectivity index (χ2v) is 5.77. The van der Waals surface area contributed by atoms with Gasteiger partial charge in [0.1, 0.15) is 6.23 Å². The van der Waals surface area contributed by atoms with Gasteiger partial charge in [-0.3, -0.25) is 15.4 Å². The van der Waals surface area contributed by atoms with Crippen molar-refractivity contribution in [3.63, 3.8) is 0 Å². The van der Waals surface area contributed by atoms with Crippen LogP contribution in [-0.4, -0.2) is 35.7 Å². The van der Waals surface area contributed by atoms with Gasteiger partial charge < -0.3 is 9.64 Å². The smallest absolute Gasteiger partial charge is 0.269 e. The molecular formula is C17H21N3O3. The summed E-state index contributed by atoms with van der Waals surface area (Å²) in [4.78, 5) is 12.6. The zero-order chi connectivity index (χ0) is 16.1. The highest BCUT2D eigenvalue weighted by molar-refractivity contribution is 5.34. The van der Waals surface area contributed by atoms with Gasteiger partial charge in [-0.15, -0.1) is 0 Å². The van der Waals surface area contributed by atoms with Crippen LogP contribution in [0.2, 0.25) is 0 Å². The van der Waals surface area contributed by atoms with E-state index in [1.54, 1.807) is 12.1 Å². The molecule has 0 saturated carbocycles. The molecule has 0 radical (unpaired) electrons. The van der Waals surface area contributed by atoms with Crippen LogP contribution in [0, 0.1) is 10.1 Å². The molecule has 3 rings (SSSR count). The number of benzene rings is 1. The molecular weight excluding hydrogens is 294 g/mol. The Morgan fingerprint density at radius 2 is 1.96 bits per heavy atom. The molecule has 2 unspecified atom stereocenters. The summed E-state index contributed by atoms with van der Waals surface area (Å²) in [7, 11) is 0. The van der Waals surface area contributed by atoms with Crippen LogP contribution in [0.15, 0.2) is 48.7 Å². The predicted molar refractivity (Wildman–Crippen MR) is 87.8 cm³/mol. The summed E-state index contributed by atoms with van der Waals surface area (Å²) in [5, 5.41) is 14.0. The Balaban J connectivity index is 1.50. The first-order valence-electron chi connectivity index (χ1n) is 7.94. The lowest BCUT2D eigenvalue weighted by Crippen LogP contribution is -2.19. The fourth-order valence-electron chi connectivity index (χ4n) is 2.84. The van der Waals surface area contributed by atoms with Crippen molar-refractivity contribution in [2.75, 3.05) is 19.6 Å². The number of rotatable bonds is 5. The highest BCUT2D eigenvalue weighted by atomic mass is 16.6. The van der Waals surface area contributed by atoms with Gasteiger partial charge >= 0.3 is 0 Å². The standard InChI is InChI=1S/C17H21N3O3/c21-20(22)15-8-6-14(7-9-15)16-13-18-17(23-16)5-1-2-10-19-11-3-4-12-19/h1-2,5-10,16-18H,3-4,11-13H2/b5-1-,10-2+. The Morgan fingerprint density at radius 3 is 2.65 bits per heavy atom. The second kappa shape index (κ2) is 7.39. The Hall–Kier alpha value is -2.18. The quantitative estimate of drug-likeness (QED) is 0.514. The van der Waals surface area contributed by atoms with E-state index in [9.17, 15) is 10.1 Å². The van der Waals surface area contributed by atoms with Crippen LogP contribution < -0.4 is 5.32 Å². The first kappa shape index (κ1) is 15.7. The maximum absolute atomic E-state index is 10.7.